The Kier molecular flexibility index (Phi) is 49.6. The quantitative estimate of drug-likeness (QED) is 0.200. The maximum atomic E-state index is 11.7. The number of aliphatic hydroxyl groups excluding tert-OH is 3. The van der Waals surface area contributed by atoms with Gasteiger partial charge < -0.3 is 22.2 Å². The molecule has 3 nitrogen and oxygen atoms in total. The third kappa shape index (κ3) is 73.5. The second kappa shape index (κ2) is 36.0. The van der Waals surface area contributed by atoms with Crippen LogP contribution in [-0.2, 0) is 26.2 Å². The maximum absolute atomic E-state index is 11.7. The minimum Gasteiger partial charge on any atom is -0.397 e. The molecule has 0 aliphatic rings. The number of hydrogen-bond donors (Lipinski definition) is 3. The van der Waals surface area contributed by atoms with Crippen LogP contribution in [-0.4, -0.2) is 40.8 Å². The first-order chi connectivity index (χ1) is 13.2. The van der Waals surface area contributed by atoms with Crippen LogP contribution in [0, 0.1) is 6.92 Å². The predicted molar refractivity (Wildman–Crippen MR) is 114 cm³/mol. The van der Waals surface area contributed by atoms with Gasteiger partial charge in [0.05, 0.1) is 6.10 Å². The third-order valence-corrected chi connectivity index (χ3v) is 3.44. The van der Waals surface area contributed by atoms with Crippen molar-refractivity contribution in [1.29, 1.82) is 0 Å². The van der Waals surface area contributed by atoms with Crippen LogP contribution in [0.15, 0.2) is 0 Å². The van der Waals surface area contributed by atoms with Crippen molar-refractivity contribution in [2.75, 3.05) is 13.2 Å². The van der Waals surface area contributed by atoms with Gasteiger partial charge in [-0.15, -0.1) is 0 Å². The molecule has 0 aliphatic heterocycles. The van der Waals surface area contributed by atoms with Crippen molar-refractivity contribution >= 4 is 0 Å². The first-order valence-corrected chi connectivity index (χ1v) is 10.9. The molecule has 0 fully saturated rings. The van der Waals surface area contributed by atoms with Crippen LogP contribution in [0.4, 0.5) is 13.2 Å². The van der Waals surface area contributed by atoms with Gasteiger partial charge in [0.15, 0.2) is 0 Å². The normalized spacial score (nSPS) is 10.9. The second-order valence-electron chi connectivity index (χ2n) is 6.67. The van der Waals surface area contributed by atoms with E-state index < -0.39 is 12.6 Å². The summed E-state index contributed by atoms with van der Waals surface area (Å²) in [5.74, 6) is 0. The van der Waals surface area contributed by atoms with E-state index in [0.717, 1.165) is 32.1 Å². The molecule has 0 rings (SSSR count). The summed E-state index contributed by atoms with van der Waals surface area (Å²) < 4.78 is 35.1. The van der Waals surface area contributed by atoms with Gasteiger partial charge in [0.1, 0.15) is 0 Å². The molecule has 0 heterocycles. The van der Waals surface area contributed by atoms with Gasteiger partial charge in [-0.1, -0.05) is 64.7 Å². The molecule has 1 unspecified atom stereocenters. The average molecular weight is 509 g/mol. The number of alkyl halides is 3. The molecule has 0 aliphatic carbocycles. The van der Waals surface area contributed by atoms with Crippen LogP contribution >= 0.6 is 0 Å². The van der Waals surface area contributed by atoms with Crippen LogP contribution in [0.3, 0.4) is 0 Å². The average Bonchev–Trinajstić information content (AvgIpc) is 2.59. The van der Waals surface area contributed by atoms with Crippen molar-refractivity contribution in [3.63, 3.8) is 0 Å². The van der Waals surface area contributed by atoms with E-state index in [1.807, 2.05) is 0 Å². The Bertz CT molecular complexity index is 234. The molecule has 0 aromatic carbocycles. The first-order valence-electron chi connectivity index (χ1n) is 10.9. The summed E-state index contributed by atoms with van der Waals surface area (Å²) in [5, 5.41) is 24.1. The van der Waals surface area contributed by atoms with Gasteiger partial charge in [-0.3, -0.25) is 0 Å². The Morgan fingerprint density at radius 1 is 0.759 bits per heavy atom. The maximum Gasteiger partial charge on any atom is 0.389 e. The van der Waals surface area contributed by atoms with E-state index in [9.17, 15) is 13.2 Å². The van der Waals surface area contributed by atoms with E-state index in [1.54, 1.807) is 20.8 Å². The van der Waals surface area contributed by atoms with Crippen LogP contribution in [0.1, 0.15) is 111 Å². The Labute approximate surface area is 198 Å². The van der Waals surface area contributed by atoms with Crippen molar-refractivity contribution < 1.29 is 54.7 Å². The van der Waals surface area contributed by atoms with Crippen molar-refractivity contribution in [3.05, 3.63) is 6.92 Å². The van der Waals surface area contributed by atoms with E-state index in [2.05, 4.69) is 13.8 Å². The van der Waals surface area contributed by atoms with Gasteiger partial charge in [-0.05, 0) is 33.6 Å². The zero-order valence-electron chi connectivity index (χ0n) is 19.4. The van der Waals surface area contributed by atoms with Crippen LogP contribution in [0.5, 0.6) is 0 Å². The SMILES string of the molecule is CC(O)CCCCCCCC(F)(F)F.CCO.CCO.[CH2-]CCCCCCC.[Zr]. The molecule has 0 spiro atoms. The van der Waals surface area contributed by atoms with Gasteiger partial charge >= 0.3 is 6.18 Å². The Balaban J connectivity index is -0.000000108. The summed E-state index contributed by atoms with van der Waals surface area (Å²) in [4.78, 5) is 0. The fourth-order valence-corrected chi connectivity index (χ4v) is 2.08. The number of aliphatic hydroxyl groups is 3. The molecule has 180 valence electrons. The monoisotopic (exact) mass is 507 g/mol. The number of hydrogen-bond acceptors (Lipinski definition) is 3. The molecule has 29 heavy (non-hydrogen) atoms. The Hall–Kier alpha value is 0.553. The summed E-state index contributed by atoms with van der Waals surface area (Å²) in [6.45, 7) is 11.6. The van der Waals surface area contributed by atoms with Crippen molar-refractivity contribution in [2.45, 2.75) is 123 Å². The molecule has 0 aromatic rings. The van der Waals surface area contributed by atoms with Crippen LogP contribution in [0.25, 0.3) is 0 Å². The van der Waals surface area contributed by atoms with Crippen molar-refractivity contribution in [2.24, 2.45) is 0 Å². The van der Waals surface area contributed by atoms with Gasteiger partial charge in [0.25, 0.3) is 0 Å². The van der Waals surface area contributed by atoms with Crippen LogP contribution < -0.4 is 0 Å². The van der Waals surface area contributed by atoms with E-state index in [-0.39, 0.29) is 51.9 Å². The standard InChI is InChI=1S/C10H19F3O.C8H17.2C2H6O.Zr/c1-9(14)7-5-3-2-4-6-8-10(11,12)13;1-3-5-7-8-6-4-2;2*1-2-3;/h9,14H,2-8H2,1H3;1,3-8H2,2H3;2*3H,2H2,1H3;/q;-1;;;. The minimum absolute atomic E-state index is 0. The summed E-state index contributed by atoms with van der Waals surface area (Å²) in [7, 11) is 0. The van der Waals surface area contributed by atoms with E-state index in [4.69, 9.17) is 15.3 Å². The largest absolute Gasteiger partial charge is 0.397 e. The van der Waals surface area contributed by atoms with Gasteiger partial charge in [-0.25, -0.2) is 0 Å². The number of unbranched alkanes of at least 4 members (excludes halogenated alkanes) is 9. The minimum atomic E-state index is -4.00. The topological polar surface area (TPSA) is 60.7 Å². The molecule has 0 amide bonds. The van der Waals surface area contributed by atoms with E-state index in [0.29, 0.717) is 6.42 Å². The molecule has 0 saturated carbocycles. The van der Waals surface area contributed by atoms with E-state index >= 15 is 0 Å². The summed E-state index contributed by atoms with van der Waals surface area (Å²) >= 11 is 0. The van der Waals surface area contributed by atoms with Crippen molar-refractivity contribution in [3.8, 4) is 0 Å². The molecular weight excluding hydrogens is 460 g/mol. The zero-order valence-corrected chi connectivity index (χ0v) is 21.8. The fraction of sp³-hybridized carbons (Fsp3) is 0.955. The molecule has 3 N–H and O–H groups in total. The smallest absolute Gasteiger partial charge is 0.389 e. The van der Waals surface area contributed by atoms with Gasteiger partial charge in [0.2, 0.25) is 0 Å². The molecule has 0 aromatic heterocycles. The van der Waals surface area contributed by atoms with Crippen molar-refractivity contribution in [1.82, 2.24) is 0 Å². The Morgan fingerprint density at radius 3 is 1.52 bits per heavy atom. The number of halogens is 3. The third-order valence-electron chi connectivity index (χ3n) is 3.44. The number of rotatable bonds is 12. The van der Waals surface area contributed by atoms with Gasteiger partial charge in [-0.2, -0.15) is 19.6 Å². The Morgan fingerprint density at radius 2 is 1.14 bits per heavy atom. The molecule has 0 bridgehead atoms. The first kappa shape index (κ1) is 40.0. The molecule has 0 saturated heterocycles. The summed E-state index contributed by atoms with van der Waals surface area (Å²) in [6, 6.07) is 0. The molecule has 7 heteroatoms. The molecule has 1 atom stereocenters. The second-order valence-corrected chi connectivity index (χ2v) is 6.67. The summed E-state index contributed by atoms with van der Waals surface area (Å²) in [5.41, 5.74) is 0. The fourth-order valence-electron chi connectivity index (χ4n) is 2.08. The molecule has 0 radical (unpaired) electrons. The van der Waals surface area contributed by atoms with Gasteiger partial charge in [0, 0.05) is 45.8 Å². The zero-order chi connectivity index (χ0) is 22.7. The molecular formula is C22H48F3O3Zr-. The summed E-state index contributed by atoms with van der Waals surface area (Å²) in [6.07, 6.45) is 7.31. The predicted octanol–water partition coefficient (Wildman–Crippen LogP) is 6.84. The van der Waals surface area contributed by atoms with Crippen LogP contribution in [0.2, 0.25) is 0 Å². The van der Waals surface area contributed by atoms with E-state index in [1.165, 1.54) is 32.1 Å².